The summed E-state index contributed by atoms with van der Waals surface area (Å²) in [6.45, 7) is 6.12. The van der Waals surface area contributed by atoms with Crippen molar-refractivity contribution >= 4 is 27.7 Å². The summed E-state index contributed by atoms with van der Waals surface area (Å²) < 4.78 is 0.742. The minimum Gasteiger partial charge on any atom is -0.383 e. The van der Waals surface area contributed by atoms with Crippen LogP contribution in [0.5, 0.6) is 0 Å². The number of nitrogen functional groups attached to an aromatic ring is 1. The van der Waals surface area contributed by atoms with Crippen molar-refractivity contribution in [2.24, 2.45) is 0 Å². The van der Waals surface area contributed by atoms with Crippen LogP contribution in [0.15, 0.2) is 16.7 Å². The molecule has 0 fully saturated rings. The van der Waals surface area contributed by atoms with Gasteiger partial charge >= 0.3 is 0 Å². The van der Waals surface area contributed by atoms with Crippen LogP contribution in [0.2, 0.25) is 0 Å². The normalized spacial score (nSPS) is 11.3. The van der Waals surface area contributed by atoms with Gasteiger partial charge in [0.25, 0.3) is 5.91 Å². The molecule has 1 aromatic rings. The molecule has 17 heavy (non-hydrogen) atoms. The highest BCUT2D eigenvalue weighted by molar-refractivity contribution is 9.10. The highest BCUT2D eigenvalue weighted by atomic mass is 79.9. The molecule has 0 radical (unpaired) electrons. The summed E-state index contributed by atoms with van der Waals surface area (Å²) in [6.07, 6.45) is 3.32. The Morgan fingerprint density at radius 3 is 2.65 bits per heavy atom. The summed E-state index contributed by atoms with van der Waals surface area (Å²) in [6, 6.07) is 1.68. The van der Waals surface area contributed by atoms with Crippen LogP contribution < -0.4 is 11.1 Å². The molecule has 1 rings (SSSR count). The van der Waals surface area contributed by atoms with E-state index in [1.807, 2.05) is 20.8 Å². The molecule has 1 heterocycles. The molecular weight excluding hydrogens is 282 g/mol. The number of carbonyl (C=O) groups excluding carboxylic acids is 1. The number of halogens is 1. The number of rotatable bonds is 4. The summed E-state index contributed by atoms with van der Waals surface area (Å²) in [4.78, 5) is 16.1. The van der Waals surface area contributed by atoms with E-state index in [0.717, 1.165) is 17.3 Å². The van der Waals surface area contributed by atoms with Gasteiger partial charge < -0.3 is 11.1 Å². The van der Waals surface area contributed by atoms with Gasteiger partial charge in [-0.25, -0.2) is 4.98 Å². The van der Waals surface area contributed by atoms with Gasteiger partial charge in [0.2, 0.25) is 0 Å². The molecule has 0 aliphatic rings. The molecule has 0 spiro atoms. The van der Waals surface area contributed by atoms with Crippen LogP contribution in [0.3, 0.4) is 0 Å². The number of anilines is 1. The molecule has 94 valence electrons. The molecule has 0 saturated heterocycles. The molecule has 0 bridgehead atoms. The highest BCUT2D eigenvalue weighted by Gasteiger charge is 2.23. The minimum atomic E-state index is -0.203. The summed E-state index contributed by atoms with van der Waals surface area (Å²) in [5.74, 6) is 0.0720. The molecule has 4 nitrogen and oxygen atoms in total. The zero-order valence-electron chi connectivity index (χ0n) is 10.4. The monoisotopic (exact) mass is 299 g/mol. The summed E-state index contributed by atoms with van der Waals surface area (Å²) in [5.41, 5.74) is 5.91. The second-order valence-corrected chi connectivity index (χ2v) is 5.22. The maximum absolute atomic E-state index is 12.1. The molecule has 0 aliphatic carbocycles. The minimum absolute atomic E-state index is 0.178. The van der Waals surface area contributed by atoms with Gasteiger partial charge in [-0.3, -0.25) is 4.79 Å². The number of aromatic nitrogens is 1. The van der Waals surface area contributed by atoms with Crippen molar-refractivity contribution in [2.45, 2.75) is 39.2 Å². The largest absolute Gasteiger partial charge is 0.383 e. The Labute approximate surface area is 110 Å². The maximum atomic E-state index is 12.1. The second-order valence-electron chi connectivity index (χ2n) is 4.31. The van der Waals surface area contributed by atoms with E-state index in [9.17, 15) is 4.79 Å². The molecule has 3 N–H and O–H groups in total. The summed E-state index contributed by atoms with van der Waals surface area (Å²) in [7, 11) is 0. The SMILES string of the molecule is CCC(C)(CC)NC(=O)c1cc(Br)cnc1N. The lowest BCUT2D eigenvalue weighted by Crippen LogP contribution is -2.45. The van der Waals surface area contributed by atoms with Gasteiger partial charge in [0.15, 0.2) is 0 Å². The molecule has 0 saturated carbocycles. The average molecular weight is 300 g/mol. The van der Waals surface area contributed by atoms with Crippen LogP contribution in [0.4, 0.5) is 5.82 Å². The first-order chi connectivity index (χ1) is 7.91. The predicted molar refractivity (Wildman–Crippen MR) is 72.8 cm³/mol. The van der Waals surface area contributed by atoms with Gasteiger partial charge in [0.05, 0.1) is 5.56 Å². The molecule has 5 heteroatoms. The van der Waals surface area contributed by atoms with Gasteiger partial charge in [-0.1, -0.05) is 13.8 Å². The zero-order chi connectivity index (χ0) is 13.1. The van der Waals surface area contributed by atoms with Gasteiger partial charge in [0, 0.05) is 16.2 Å². The van der Waals surface area contributed by atoms with Crippen LogP contribution in [0.25, 0.3) is 0 Å². The number of nitrogens with one attached hydrogen (secondary N) is 1. The van der Waals surface area contributed by atoms with Crippen molar-refractivity contribution in [1.82, 2.24) is 10.3 Å². The predicted octanol–water partition coefficient (Wildman–Crippen LogP) is 2.73. The first-order valence-corrected chi connectivity index (χ1v) is 6.44. The average Bonchev–Trinajstić information content (AvgIpc) is 2.32. The van der Waals surface area contributed by atoms with Crippen LogP contribution in [0, 0.1) is 0 Å². The van der Waals surface area contributed by atoms with E-state index < -0.39 is 0 Å². The summed E-state index contributed by atoms with van der Waals surface area (Å²) >= 11 is 3.28. The number of nitrogens with two attached hydrogens (primary N) is 1. The van der Waals surface area contributed by atoms with E-state index in [0.29, 0.717) is 5.56 Å². The maximum Gasteiger partial charge on any atom is 0.255 e. The highest BCUT2D eigenvalue weighted by Crippen LogP contribution is 2.19. The number of nitrogens with zero attached hydrogens (tertiary/aromatic N) is 1. The first-order valence-electron chi connectivity index (χ1n) is 5.65. The van der Waals surface area contributed by atoms with Gasteiger partial charge in [0.1, 0.15) is 5.82 Å². The van der Waals surface area contributed by atoms with Crippen LogP contribution in [-0.2, 0) is 0 Å². The van der Waals surface area contributed by atoms with Crippen LogP contribution >= 0.6 is 15.9 Å². The Kier molecular flexibility index (Phi) is 4.51. The van der Waals surface area contributed by atoms with Crippen LogP contribution in [-0.4, -0.2) is 16.4 Å². The van der Waals surface area contributed by atoms with Crippen molar-refractivity contribution in [2.75, 3.05) is 5.73 Å². The number of amides is 1. The van der Waals surface area contributed by atoms with E-state index >= 15 is 0 Å². The Balaban J connectivity index is 2.94. The Hall–Kier alpha value is -1.10. The molecule has 0 unspecified atom stereocenters. The Morgan fingerprint density at radius 1 is 1.53 bits per heavy atom. The molecular formula is C12H18BrN3O. The molecule has 0 aliphatic heterocycles. The number of carbonyl (C=O) groups is 1. The Morgan fingerprint density at radius 2 is 2.12 bits per heavy atom. The zero-order valence-corrected chi connectivity index (χ0v) is 12.0. The van der Waals surface area contributed by atoms with E-state index in [4.69, 9.17) is 5.73 Å². The fourth-order valence-electron chi connectivity index (χ4n) is 1.40. The standard InChI is InChI=1S/C12H18BrN3O/c1-4-12(3,5-2)16-11(17)9-6-8(13)7-15-10(9)14/h6-7H,4-5H2,1-3H3,(H2,14,15)(H,16,17). The lowest BCUT2D eigenvalue weighted by atomic mass is 9.95. The van der Waals surface area contributed by atoms with Crippen molar-refractivity contribution in [3.63, 3.8) is 0 Å². The van der Waals surface area contributed by atoms with Crippen molar-refractivity contribution in [3.05, 3.63) is 22.3 Å². The van der Waals surface area contributed by atoms with E-state index in [1.165, 1.54) is 0 Å². The van der Waals surface area contributed by atoms with E-state index in [2.05, 4.69) is 26.2 Å². The third-order valence-electron chi connectivity index (χ3n) is 3.11. The van der Waals surface area contributed by atoms with Crippen molar-refractivity contribution < 1.29 is 4.79 Å². The van der Waals surface area contributed by atoms with Crippen molar-refractivity contribution in [1.29, 1.82) is 0 Å². The third kappa shape index (κ3) is 3.43. The summed E-state index contributed by atoms with van der Waals surface area (Å²) in [5, 5.41) is 3.00. The van der Waals surface area contributed by atoms with Gasteiger partial charge in [-0.15, -0.1) is 0 Å². The topological polar surface area (TPSA) is 68.0 Å². The lowest BCUT2D eigenvalue weighted by molar-refractivity contribution is 0.0901. The third-order valence-corrected chi connectivity index (χ3v) is 3.54. The van der Waals surface area contributed by atoms with E-state index in [1.54, 1.807) is 12.3 Å². The smallest absolute Gasteiger partial charge is 0.255 e. The Bertz CT molecular complexity index is 416. The molecule has 0 atom stereocenters. The molecule has 1 aromatic heterocycles. The van der Waals surface area contributed by atoms with Crippen molar-refractivity contribution in [3.8, 4) is 0 Å². The number of hydrogen-bond acceptors (Lipinski definition) is 3. The van der Waals surface area contributed by atoms with E-state index in [-0.39, 0.29) is 17.3 Å². The van der Waals surface area contributed by atoms with Gasteiger partial charge in [-0.05, 0) is 41.8 Å². The number of pyridine rings is 1. The molecule has 1 amide bonds. The fraction of sp³-hybridized carbons (Fsp3) is 0.500. The first kappa shape index (κ1) is 14.0. The fourth-order valence-corrected chi connectivity index (χ4v) is 1.73. The lowest BCUT2D eigenvalue weighted by Gasteiger charge is -2.28. The second kappa shape index (κ2) is 5.49. The number of hydrogen-bond donors (Lipinski definition) is 2. The quantitative estimate of drug-likeness (QED) is 0.898. The van der Waals surface area contributed by atoms with Gasteiger partial charge in [-0.2, -0.15) is 0 Å². The molecule has 0 aromatic carbocycles. The van der Waals surface area contributed by atoms with Crippen LogP contribution in [0.1, 0.15) is 44.0 Å².